The number of hydrogen-bond donors (Lipinski definition) is 1. The normalized spacial score (nSPS) is 13.0. The van der Waals surface area contributed by atoms with Gasteiger partial charge < -0.3 is 10.0 Å². The first-order valence-corrected chi connectivity index (χ1v) is 14.9. The first kappa shape index (κ1) is 34.1. The maximum Gasteiger partial charge on any atom is 0.303 e. The average Bonchev–Trinajstić information content (AvgIpc) is 3.41. The van der Waals surface area contributed by atoms with Gasteiger partial charge in [0.05, 0.1) is 12.9 Å². The summed E-state index contributed by atoms with van der Waals surface area (Å²) in [5.41, 5.74) is 0. The Morgan fingerprint density at radius 3 is 1.78 bits per heavy atom. The van der Waals surface area contributed by atoms with E-state index in [0.717, 1.165) is 45.2 Å². The predicted molar refractivity (Wildman–Crippen MR) is 155 cm³/mol. The standard InChI is InChI=1S/C18H32O2.C13H24N2O/c1-2-3-4-5-6-7-8-9-10-11-12-13-14-15-16-17-18(19)20;1-2-3-4-5-6-7-8-9-13(16)15-11-10-14-12-15/h6-7,9-10H,2-5,8,11-17H2,1H3,(H,19,20);12H,2-11H2,1H3/b7-6-,10-9-;. The molecule has 1 aliphatic rings. The average molecular weight is 505 g/mol. The van der Waals surface area contributed by atoms with Crippen molar-refractivity contribution in [3.8, 4) is 0 Å². The zero-order valence-electron chi connectivity index (χ0n) is 23.6. The van der Waals surface area contributed by atoms with Gasteiger partial charge in [0.15, 0.2) is 0 Å². The summed E-state index contributed by atoms with van der Waals surface area (Å²) in [6.45, 7) is 6.03. The smallest absolute Gasteiger partial charge is 0.303 e. The van der Waals surface area contributed by atoms with Crippen LogP contribution in [0.1, 0.15) is 142 Å². The van der Waals surface area contributed by atoms with E-state index >= 15 is 0 Å². The Morgan fingerprint density at radius 1 is 0.722 bits per heavy atom. The molecule has 208 valence electrons. The number of carbonyl (C=O) groups is 2. The highest BCUT2D eigenvalue weighted by Crippen LogP contribution is 2.10. The van der Waals surface area contributed by atoms with Crippen molar-refractivity contribution in [3.63, 3.8) is 0 Å². The summed E-state index contributed by atoms with van der Waals surface area (Å²) in [4.78, 5) is 27.7. The van der Waals surface area contributed by atoms with E-state index in [1.165, 1.54) is 83.5 Å². The largest absolute Gasteiger partial charge is 0.481 e. The van der Waals surface area contributed by atoms with Crippen LogP contribution in [0.15, 0.2) is 29.3 Å². The van der Waals surface area contributed by atoms with Crippen molar-refractivity contribution in [1.82, 2.24) is 4.90 Å². The summed E-state index contributed by atoms with van der Waals surface area (Å²) < 4.78 is 0. The number of aliphatic carboxylic acids is 1. The van der Waals surface area contributed by atoms with E-state index < -0.39 is 5.97 Å². The molecule has 0 aromatic heterocycles. The summed E-state index contributed by atoms with van der Waals surface area (Å²) in [6, 6.07) is 0. The fraction of sp³-hybridized carbons (Fsp3) is 0.774. The van der Waals surface area contributed by atoms with Crippen molar-refractivity contribution >= 4 is 18.2 Å². The zero-order valence-corrected chi connectivity index (χ0v) is 23.6. The van der Waals surface area contributed by atoms with Crippen molar-refractivity contribution in [2.75, 3.05) is 13.1 Å². The van der Waals surface area contributed by atoms with Gasteiger partial charge in [-0.25, -0.2) is 0 Å². The lowest BCUT2D eigenvalue weighted by atomic mass is 10.1. The van der Waals surface area contributed by atoms with Crippen LogP contribution in [0, 0.1) is 0 Å². The molecule has 0 bridgehead atoms. The van der Waals surface area contributed by atoms with Gasteiger partial charge >= 0.3 is 5.97 Å². The number of unbranched alkanes of at least 4 members (excludes halogenated alkanes) is 14. The van der Waals surface area contributed by atoms with E-state index in [4.69, 9.17) is 5.11 Å². The highest BCUT2D eigenvalue weighted by molar-refractivity contribution is 5.88. The van der Waals surface area contributed by atoms with E-state index in [2.05, 4.69) is 43.1 Å². The quantitative estimate of drug-likeness (QED) is 0.118. The van der Waals surface area contributed by atoms with Crippen LogP contribution in [0.5, 0.6) is 0 Å². The SMILES string of the molecule is CCCCC/C=C\C/C=C\CCCCCCCC(=O)O.CCCCCCCCCC(=O)N1C=NCC1. The Bertz CT molecular complexity index is 599. The number of carboxylic acids is 1. The molecule has 0 aliphatic carbocycles. The Hall–Kier alpha value is -1.91. The minimum absolute atomic E-state index is 0.245. The molecule has 0 spiro atoms. The van der Waals surface area contributed by atoms with Crippen LogP contribution >= 0.6 is 0 Å². The van der Waals surface area contributed by atoms with Gasteiger partial charge in [-0.15, -0.1) is 0 Å². The molecule has 0 fully saturated rings. The number of aliphatic imine (C=N–C) groups is 1. The van der Waals surface area contributed by atoms with Crippen LogP contribution in [0.2, 0.25) is 0 Å². The molecule has 0 radical (unpaired) electrons. The van der Waals surface area contributed by atoms with Gasteiger partial charge in [-0.2, -0.15) is 0 Å². The first-order chi connectivity index (χ1) is 17.6. The minimum Gasteiger partial charge on any atom is -0.481 e. The molecule has 1 amide bonds. The maximum absolute atomic E-state index is 11.6. The Kier molecular flexibility index (Phi) is 26.2. The number of carboxylic acid groups (broad SMARTS) is 1. The van der Waals surface area contributed by atoms with Crippen molar-refractivity contribution in [2.24, 2.45) is 4.99 Å². The molecule has 0 atom stereocenters. The second-order valence-electron chi connectivity index (χ2n) is 9.85. The van der Waals surface area contributed by atoms with Gasteiger partial charge in [-0.3, -0.25) is 14.6 Å². The molecule has 0 aromatic carbocycles. The lowest BCUT2D eigenvalue weighted by molar-refractivity contribution is -0.137. The Morgan fingerprint density at radius 2 is 1.22 bits per heavy atom. The number of nitrogens with zero attached hydrogens (tertiary/aromatic N) is 2. The van der Waals surface area contributed by atoms with Crippen LogP contribution in [-0.2, 0) is 9.59 Å². The van der Waals surface area contributed by atoms with E-state index in [1.54, 1.807) is 11.2 Å². The molecular weight excluding hydrogens is 448 g/mol. The van der Waals surface area contributed by atoms with E-state index in [0.29, 0.717) is 12.8 Å². The summed E-state index contributed by atoms with van der Waals surface area (Å²) in [6.07, 6.45) is 33.5. The lowest BCUT2D eigenvalue weighted by Crippen LogP contribution is -2.27. The summed E-state index contributed by atoms with van der Waals surface area (Å²) in [7, 11) is 0. The molecule has 5 nitrogen and oxygen atoms in total. The van der Waals surface area contributed by atoms with Crippen molar-refractivity contribution < 1.29 is 14.7 Å². The summed E-state index contributed by atoms with van der Waals surface area (Å²) in [5.74, 6) is -0.425. The number of hydrogen-bond acceptors (Lipinski definition) is 3. The van der Waals surface area contributed by atoms with Crippen LogP contribution in [0.25, 0.3) is 0 Å². The van der Waals surface area contributed by atoms with Gasteiger partial charge in [-0.05, 0) is 44.9 Å². The highest BCUT2D eigenvalue weighted by Gasteiger charge is 2.13. The second kappa shape index (κ2) is 27.7. The maximum atomic E-state index is 11.6. The Labute approximate surface area is 222 Å². The molecule has 1 aliphatic heterocycles. The molecule has 36 heavy (non-hydrogen) atoms. The number of carbonyl (C=O) groups excluding carboxylic acids is 1. The van der Waals surface area contributed by atoms with Crippen LogP contribution < -0.4 is 0 Å². The third-order valence-corrected chi connectivity index (χ3v) is 6.35. The van der Waals surface area contributed by atoms with Crippen LogP contribution in [-0.4, -0.2) is 41.3 Å². The molecule has 0 saturated heterocycles. The molecule has 5 heteroatoms. The summed E-state index contributed by atoms with van der Waals surface area (Å²) in [5, 5.41) is 8.50. The molecule has 0 saturated carbocycles. The van der Waals surface area contributed by atoms with Gasteiger partial charge in [0.25, 0.3) is 0 Å². The van der Waals surface area contributed by atoms with Crippen molar-refractivity contribution in [3.05, 3.63) is 24.3 Å². The number of amides is 1. The van der Waals surface area contributed by atoms with Gasteiger partial charge in [0, 0.05) is 19.4 Å². The topological polar surface area (TPSA) is 70.0 Å². The predicted octanol–water partition coefficient (Wildman–Crippen LogP) is 8.88. The molecule has 0 aromatic rings. The number of rotatable bonds is 22. The fourth-order valence-electron chi connectivity index (χ4n) is 4.03. The van der Waals surface area contributed by atoms with Gasteiger partial charge in [-0.1, -0.05) is 109 Å². The highest BCUT2D eigenvalue weighted by atomic mass is 16.4. The zero-order chi connectivity index (χ0) is 26.5. The first-order valence-electron chi connectivity index (χ1n) is 14.9. The molecule has 1 rings (SSSR count). The van der Waals surface area contributed by atoms with E-state index in [1.807, 2.05) is 0 Å². The monoisotopic (exact) mass is 504 g/mol. The van der Waals surface area contributed by atoms with Gasteiger partial charge in [0.2, 0.25) is 5.91 Å². The van der Waals surface area contributed by atoms with Gasteiger partial charge in [0.1, 0.15) is 0 Å². The molecular formula is C31H56N2O3. The fourth-order valence-corrected chi connectivity index (χ4v) is 4.03. The van der Waals surface area contributed by atoms with Crippen LogP contribution in [0.4, 0.5) is 0 Å². The minimum atomic E-state index is -0.671. The Balaban J connectivity index is 0.000000696. The third-order valence-electron chi connectivity index (χ3n) is 6.35. The molecule has 1 heterocycles. The van der Waals surface area contributed by atoms with Crippen LogP contribution in [0.3, 0.4) is 0 Å². The van der Waals surface area contributed by atoms with Crippen molar-refractivity contribution in [1.29, 1.82) is 0 Å². The van der Waals surface area contributed by atoms with E-state index in [-0.39, 0.29) is 5.91 Å². The third kappa shape index (κ3) is 25.2. The molecule has 0 unspecified atom stereocenters. The second-order valence-corrected chi connectivity index (χ2v) is 9.85. The molecule has 1 N–H and O–H groups in total. The van der Waals surface area contributed by atoms with E-state index in [9.17, 15) is 9.59 Å². The lowest BCUT2D eigenvalue weighted by Gasteiger charge is -2.11. The number of allylic oxidation sites excluding steroid dienone is 4. The van der Waals surface area contributed by atoms with Crippen molar-refractivity contribution in [2.45, 2.75) is 142 Å². The summed E-state index contributed by atoms with van der Waals surface area (Å²) >= 11 is 0.